The largest absolute Gasteiger partial charge is 0.465 e. The van der Waals surface area contributed by atoms with Crippen molar-refractivity contribution < 1.29 is 28.7 Å². The molecule has 46 heavy (non-hydrogen) atoms. The lowest BCUT2D eigenvalue weighted by Crippen LogP contribution is -2.38. The Bertz CT molecular complexity index is 1540. The molecular weight excluding hydrogens is 576 g/mol. The van der Waals surface area contributed by atoms with Crippen molar-refractivity contribution in [1.82, 2.24) is 0 Å². The second-order valence-corrected chi connectivity index (χ2v) is 17.9. The summed E-state index contributed by atoms with van der Waals surface area (Å²) in [6.07, 6.45) is 4.02. The molecule has 0 unspecified atom stereocenters. The zero-order valence-electron chi connectivity index (χ0n) is 28.6. The van der Waals surface area contributed by atoms with Crippen molar-refractivity contribution in [2.45, 2.75) is 119 Å². The molecule has 6 aliphatic rings. The molecule has 4 aliphatic carbocycles. The third kappa shape index (κ3) is 5.16. The molecule has 0 saturated heterocycles. The molecule has 242 valence electrons. The van der Waals surface area contributed by atoms with Gasteiger partial charge in [0.05, 0.1) is 0 Å². The maximum absolute atomic E-state index is 13.9. The van der Waals surface area contributed by atoms with E-state index in [9.17, 15) is 19.2 Å². The van der Waals surface area contributed by atoms with Gasteiger partial charge in [0.25, 0.3) is 0 Å². The van der Waals surface area contributed by atoms with Crippen LogP contribution in [0, 0.1) is 21.7 Å². The second kappa shape index (κ2) is 9.98. The van der Waals surface area contributed by atoms with Gasteiger partial charge in [0.2, 0.25) is 0 Å². The van der Waals surface area contributed by atoms with Crippen molar-refractivity contribution >= 4 is 23.1 Å². The lowest BCUT2D eigenvalue weighted by Gasteiger charge is -2.43. The van der Waals surface area contributed by atoms with Gasteiger partial charge in [-0.05, 0) is 32.8 Å². The Labute approximate surface area is 272 Å². The molecule has 0 fully saturated rings. The number of carbonyl (C=O) groups is 4. The molecule has 1 aromatic rings. The predicted molar refractivity (Wildman–Crippen MR) is 174 cm³/mol. The monoisotopic (exact) mass is 622 g/mol. The molecule has 2 heterocycles. The van der Waals surface area contributed by atoms with Crippen LogP contribution in [0.4, 0.5) is 0 Å². The molecule has 0 saturated carbocycles. The van der Waals surface area contributed by atoms with Gasteiger partial charge in [0, 0.05) is 85.5 Å². The fourth-order valence-corrected chi connectivity index (χ4v) is 8.93. The van der Waals surface area contributed by atoms with E-state index in [0.717, 1.165) is 11.1 Å². The van der Waals surface area contributed by atoms with Crippen LogP contribution in [0.15, 0.2) is 69.6 Å². The molecule has 6 nitrogen and oxygen atoms in total. The highest BCUT2D eigenvalue weighted by Gasteiger charge is 2.50. The Morgan fingerprint density at radius 3 is 0.978 bits per heavy atom. The molecule has 0 atom stereocenters. The van der Waals surface area contributed by atoms with Crippen LogP contribution in [0.1, 0.15) is 130 Å². The summed E-state index contributed by atoms with van der Waals surface area (Å²) in [7, 11) is 0. The van der Waals surface area contributed by atoms with E-state index >= 15 is 0 Å². The number of Topliss-reactive ketones (excluding diaryl/α,β-unsaturated/α-hetero) is 4. The Hall–Kier alpha value is -3.54. The van der Waals surface area contributed by atoms with E-state index in [4.69, 9.17) is 9.47 Å². The number of ketones is 4. The summed E-state index contributed by atoms with van der Waals surface area (Å²) in [6, 6.07) is 7.95. The first-order valence-electron chi connectivity index (χ1n) is 16.8. The zero-order valence-corrected chi connectivity index (χ0v) is 28.6. The summed E-state index contributed by atoms with van der Waals surface area (Å²) < 4.78 is 13.0. The van der Waals surface area contributed by atoms with E-state index in [-0.39, 0.29) is 44.8 Å². The summed E-state index contributed by atoms with van der Waals surface area (Å²) in [5.41, 5.74) is 3.01. The van der Waals surface area contributed by atoms with Crippen LogP contribution in [-0.4, -0.2) is 23.1 Å². The van der Waals surface area contributed by atoms with Crippen molar-refractivity contribution in [1.29, 1.82) is 0 Å². The van der Waals surface area contributed by atoms with Gasteiger partial charge in [0.15, 0.2) is 23.1 Å². The van der Waals surface area contributed by atoms with E-state index in [0.29, 0.717) is 96.7 Å². The summed E-state index contributed by atoms with van der Waals surface area (Å²) in [6.45, 7) is 16.7. The minimum atomic E-state index is -0.547. The number of allylic oxidation sites excluding steroid dienone is 8. The normalized spacial score (nSPS) is 27.1. The number of rotatable bonds is 2. The minimum Gasteiger partial charge on any atom is -0.465 e. The van der Waals surface area contributed by atoms with Gasteiger partial charge in [-0.1, -0.05) is 79.7 Å². The highest BCUT2D eigenvalue weighted by Crippen LogP contribution is 2.56. The van der Waals surface area contributed by atoms with Crippen LogP contribution in [0.25, 0.3) is 0 Å². The Morgan fingerprint density at radius 2 is 0.717 bits per heavy atom. The number of hydrogen-bond donors (Lipinski definition) is 0. The summed E-state index contributed by atoms with van der Waals surface area (Å²) >= 11 is 0. The molecule has 0 N–H and O–H groups in total. The average Bonchev–Trinajstić information content (AvgIpc) is 2.88. The quantitative estimate of drug-likeness (QED) is 0.329. The highest BCUT2D eigenvalue weighted by atomic mass is 16.5. The summed E-state index contributed by atoms with van der Waals surface area (Å²) in [5, 5.41) is 0. The van der Waals surface area contributed by atoms with Gasteiger partial charge in [-0.2, -0.15) is 0 Å². The van der Waals surface area contributed by atoms with Gasteiger partial charge >= 0.3 is 0 Å². The van der Waals surface area contributed by atoms with Gasteiger partial charge in [-0.25, -0.2) is 0 Å². The summed E-state index contributed by atoms with van der Waals surface area (Å²) in [4.78, 5) is 55.7. The molecule has 2 aliphatic heterocycles. The van der Waals surface area contributed by atoms with Gasteiger partial charge < -0.3 is 9.47 Å². The predicted octanol–water partition coefficient (Wildman–Crippen LogP) is 8.49. The van der Waals surface area contributed by atoms with Crippen molar-refractivity contribution in [3.8, 4) is 0 Å². The fourth-order valence-electron chi connectivity index (χ4n) is 8.93. The number of benzene rings is 1. The van der Waals surface area contributed by atoms with Crippen LogP contribution < -0.4 is 0 Å². The van der Waals surface area contributed by atoms with Crippen LogP contribution in [0.5, 0.6) is 0 Å². The van der Waals surface area contributed by atoms with Crippen LogP contribution >= 0.6 is 0 Å². The molecule has 6 heteroatoms. The third-order valence-corrected chi connectivity index (χ3v) is 10.7. The fraction of sp³-hybridized carbons (Fsp3) is 0.550. The topological polar surface area (TPSA) is 86.7 Å². The minimum absolute atomic E-state index is 0.0151. The Balaban J connectivity index is 1.42. The molecular formula is C40H46O6. The molecule has 0 amide bonds. The van der Waals surface area contributed by atoms with Crippen molar-refractivity contribution in [3.63, 3.8) is 0 Å². The molecule has 0 spiro atoms. The van der Waals surface area contributed by atoms with Gasteiger partial charge in [-0.3, -0.25) is 19.2 Å². The molecule has 0 bridgehead atoms. The van der Waals surface area contributed by atoms with Crippen molar-refractivity contribution in [3.05, 3.63) is 80.7 Å². The van der Waals surface area contributed by atoms with Crippen LogP contribution in [0.3, 0.4) is 0 Å². The van der Waals surface area contributed by atoms with Crippen LogP contribution in [-0.2, 0) is 28.7 Å². The highest BCUT2D eigenvalue weighted by molar-refractivity contribution is 6.07. The standard InChI is InChI=1S/C40H46O6/c1-37(2)13-23(41)33-27(17-37)45-28-18-38(3,4)14-24(42)34(28)31(33)21-10-9-11-22(12-21)32-35-25(43)15-39(5,6)19-29(35)46-30-20-40(7,8)16-26(44)36(30)32/h9-12,31-32H,13-20H2,1-8H3. The van der Waals surface area contributed by atoms with E-state index in [1.807, 2.05) is 24.3 Å². The van der Waals surface area contributed by atoms with Gasteiger partial charge in [-0.15, -0.1) is 0 Å². The van der Waals surface area contributed by atoms with Gasteiger partial charge in [0.1, 0.15) is 23.0 Å². The maximum atomic E-state index is 13.9. The lowest BCUT2D eigenvalue weighted by molar-refractivity contribution is -0.122. The first kappa shape index (κ1) is 31.1. The van der Waals surface area contributed by atoms with E-state index in [1.165, 1.54) is 0 Å². The first-order valence-corrected chi connectivity index (χ1v) is 16.8. The lowest BCUT2D eigenvalue weighted by atomic mass is 9.64. The maximum Gasteiger partial charge on any atom is 0.163 e. The van der Waals surface area contributed by atoms with Crippen molar-refractivity contribution in [2.75, 3.05) is 0 Å². The smallest absolute Gasteiger partial charge is 0.163 e. The average molecular weight is 623 g/mol. The zero-order chi connectivity index (χ0) is 33.1. The first-order chi connectivity index (χ1) is 21.3. The molecule has 0 radical (unpaired) electrons. The molecule has 7 rings (SSSR count). The molecule has 1 aromatic carbocycles. The second-order valence-electron chi connectivity index (χ2n) is 17.9. The molecule has 0 aromatic heterocycles. The van der Waals surface area contributed by atoms with E-state index in [1.54, 1.807) is 0 Å². The number of carbonyl (C=O) groups excluding carboxylic acids is 4. The van der Waals surface area contributed by atoms with E-state index < -0.39 is 11.8 Å². The Kier molecular flexibility index (Phi) is 6.74. The van der Waals surface area contributed by atoms with Crippen LogP contribution in [0.2, 0.25) is 0 Å². The summed E-state index contributed by atoms with van der Waals surface area (Å²) in [5.74, 6) is 1.68. The van der Waals surface area contributed by atoms with Crippen molar-refractivity contribution in [2.24, 2.45) is 21.7 Å². The number of hydrogen-bond acceptors (Lipinski definition) is 6. The Morgan fingerprint density at radius 1 is 0.457 bits per heavy atom. The number of ether oxygens (including phenoxy) is 2. The third-order valence-electron chi connectivity index (χ3n) is 10.7. The van der Waals surface area contributed by atoms with E-state index in [2.05, 4.69) is 55.4 Å². The SMILES string of the molecule is CC1(C)CC(=O)C2=C(C1)OC1=C(C(=O)CC(C)(C)C1)C2c1cccc(C2C3=C(CC(C)(C)CC3=O)OC3=C2C(=O)CC(C)(C)C3)c1.